The average Bonchev–Trinajstić information content (AvgIpc) is 2.46. The maximum Gasteiger partial charge on any atom is 0.265 e. The number of hydrogen-bond acceptors (Lipinski definition) is 5. The Morgan fingerprint density at radius 1 is 1.48 bits per heavy atom. The van der Waals surface area contributed by atoms with Gasteiger partial charge in [0.25, 0.3) is 5.91 Å². The van der Waals surface area contributed by atoms with Crippen LogP contribution in [0.4, 0.5) is 0 Å². The van der Waals surface area contributed by atoms with Gasteiger partial charge in [0.15, 0.2) is 0 Å². The molecule has 0 radical (unpaired) electrons. The van der Waals surface area contributed by atoms with Crippen LogP contribution in [-0.4, -0.2) is 35.2 Å². The topological polar surface area (TPSA) is 105 Å². The zero-order valence-corrected chi connectivity index (χ0v) is 11.8. The fraction of sp³-hybridized carbons (Fsp3) is 0.357. The number of benzene rings is 1. The summed E-state index contributed by atoms with van der Waals surface area (Å²) in [6.45, 7) is 2.48. The molecular weight excluding hydrogens is 272 g/mol. The Balaban J connectivity index is 2.17. The molecule has 2 rings (SSSR count). The highest BCUT2D eigenvalue weighted by Crippen LogP contribution is 2.15. The first kappa shape index (κ1) is 15.1. The number of rotatable bonds is 4. The second-order valence-corrected chi connectivity index (χ2v) is 4.92. The third-order valence-electron chi connectivity index (χ3n) is 3.45. The largest absolute Gasteiger partial charge is 0.294 e. The van der Waals surface area contributed by atoms with Crippen molar-refractivity contribution in [2.75, 3.05) is 6.54 Å². The zero-order valence-electron chi connectivity index (χ0n) is 11.8. The lowest BCUT2D eigenvalue weighted by atomic mass is 10.1. The van der Waals surface area contributed by atoms with E-state index in [2.05, 4.69) is 10.7 Å². The predicted octanol–water partition coefficient (Wildman–Crippen LogP) is -0.473. The van der Waals surface area contributed by atoms with E-state index in [1.165, 1.54) is 0 Å². The monoisotopic (exact) mass is 290 g/mol. The van der Waals surface area contributed by atoms with Crippen molar-refractivity contribution < 1.29 is 14.4 Å². The quantitative estimate of drug-likeness (QED) is 0.301. The molecule has 1 aliphatic rings. The fourth-order valence-corrected chi connectivity index (χ4v) is 2.46. The van der Waals surface area contributed by atoms with E-state index in [0.717, 1.165) is 5.56 Å². The Morgan fingerprint density at radius 2 is 2.24 bits per heavy atom. The fourth-order valence-electron chi connectivity index (χ4n) is 2.46. The molecule has 1 atom stereocenters. The number of nitrogens with one attached hydrogen (secondary N) is 2. The SMILES string of the molecule is CCC1C(=O)NC(=O)CN1Cc1cccc(C(=O)NN)c1. The van der Waals surface area contributed by atoms with Crippen LogP contribution in [0.25, 0.3) is 0 Å². The number of nitrogen functional groups attached to an aromatic ring is 1. The summed E-state index contributed by atoms with van der Waals surface area (Å²) in [7, 11) is 0. The number of hydrogen-bond donors (Lipinski definition) is 3. The van der Waals surface area contributed by atoms with Crippen LogP contribution in [0.3, 0.4) is 0 Å². The van der Waals surface area contributed by atoms with Crippen molar-refractivity contribution in [1.29, 1.82) is 0 Å². The zero-order chi connectivity index (χ0) is 15.4. The summed E-state index contributed by atoms with van der Waals surface area (Å²) < 4.78 is 0. The van der Waals surface area contributed by atoms with E-state index in [4.69, 9.17) is 5.84 Å². The predicted molar refractivity (Wildman–Crippen MR) is 75.7 cm³/mol. The Hall–Kier alpha value is -2.25. The van der Waals surface area contributed by atoms with E-state index in [1.54, 1.807) is 23.1 Å². The van der Waals surface area contributed by atoms with E-state index in [1.807, 2.05) is 13.0 Å². The Morgan fingerprint density at radius 3 is 2.90 bits per heavy atom. The molecule has 1 unspecified atom stereocenters. The minimum absolute atomic E-state index is 0.164. The molecule has 1 aliphatic heterocycles. The van der Waals surface area contributed by atoms with Gasteiger partial charge in [-0.3, -0.25) is 30.0 Å². The van der Waals surface area contributed by atoms with Crippen LogP contribution in [0.1, 0.15) is 29.3 Å². The van der Waals surface area contributed by atoms with Gasteiger partial charge in [-0.1, -0.05) is 19.1 Å². The summed E-state index contributed by atoms with van der Waals surface area (Å²) in [6, 6.07) is 6.60. The third kappa shape index (κ3) is 3.45. The standard InChI is InChI=1S/C14H18N4O3/c1-2-11-14(21)16-12(19)8-18(11)7-9-4-3-5-10(6-9)13(20)17-15/h3-6,11H,2,7-8,15H2,1H3,(H,17,20)(H,16,19,21). The van der Waals surface area contributed by atoms with Crippen LogP contribution in [-0.2, 0) is 16.1 Å². The number of nitrogens with two attached hydrogens (primary N) is 1. The highest BCUT2D eigenvalue weighted by Gasteiger charge is 2.32. The molecule has 0 spiro atoms. The molecule has 0 aliphatic carbocycles. The molecule has 1 saturated heterocycles. The summed E-state index contributed by atoms with van der Waals surface area (Å²) in [5.74, 6) is 4.15. The van der Waals surface area contributed by atoms with Crippen molar-refractivity contribution >= 4 is 17.7 Å². The number of carbonyl (C=O) groups excluding carboxylic acids is 3. The molecule has 0 bridgehead atoms. The van der Waals surface area contributed by atoms with Gasteiger partial charge in [-0.2, -0.15) is 0 Å². The van der Waals surface area contributed by atoms with Crippen molar-refractivity contribution in [1.82, 2.24) is 15.6 Å². The Kier molecular flexibility index (Phi) is 4.66. The lowest BCUT2D eigenvalue weighted by Crippen LogP contribution is -2.57. The van der Waals surface area contributed by atoms with Crippen LogP contribution in [0, 0.1) is 0 Å². The highest BCUT2D eigenvalue weighted by molar-refractivity contribution is 6.01. The lowest BCUT2D eigenvalue weighted by Gasteiger charge is -2.33. The molecule has 3 amide bonds. The summed E-state index contributed by atoms with van der Waals surface area (Å²) >= 11 is 0. The van der Waals surface area contributed by atoms with Crippen LogP contribution in [0.2, 0.25) is 0 Å². The lowest BCUT2D eigenvalue weighted by molar-refractivity contribution is -0.140. The van der Waals surface area contributed by atoms with E-state index >= 15 is 0 Å². The molecule has 21 heavy (non-hydrogen) atoms. The van der Waals surface area contributed by atoms with Crippen LogP contribution in [0.5, 0.6) is 0 Å². The number of imide groups is 1. The van der Waals surface area contributed by atoms with Gasteiger partial charge in [-0.25, -0.2) is 5.84 Å². The summed E-state index contributed by atoms with van der Waals surface area (Å²) in [6.07, 6.45) is 0.613. The summed E-state index contributed by atoms with van der Waals surface area (Å²) in [5, 5.41) is 2.33. The van der Waals surface area contributed by atoms with Crippen molar-refractivity contribution in [3.63, 3.8) is 0 Å². The molecule has 112 valence electrons. The molecule has 1 aromatic rings. The molecule has 1 fully saturated rings. The van der Waals surface area contributed by atoms with Crippen LogP contribution < -0.4 is 16.6 Å². The molecule has 0 aromatic heterocycles. The molecule has 1 aromatic carbocycles. The number of amides is 3. The van der Waals surface area contributed by atoms with Gasteiger partial charge < -0.3 is 0 Å². The minimum Gasteiger partial charge on any atom is -0.294 e. The maximum atomic E-state index is 11.8. The first-order chi connectivity index (χ1) is 10.0. The van der Waals surface area contributed by atoms with E-state index in [0.29, 0.717) is 18.5 Å². The average molecular weight is 290 g/mol. The second kappa shape index (κ2) is 6.47. The van der Waals surface area contributed by atoms with Crippen molar-refractivity contribution in [2.45, 2.75) is 25.9 Å². The highest BCUT2D eigenvalue weighted by atomic mass is 16.2. The Labute approximate surface area is 122 Å². The van der Waals surface area contributed by atoms with Gasteiger partial charge in [0, 0.05) is 12.1 Å². The first-order valence-electron chi connectivity index (χ1n) is 6.72. The normalized spacial score (nSPS) is 19.2. The van der Waals surface area contributed by atoms with Crippen molar-refractivity contribution in [3.05, 3.63) is 35.4 Å². The number of hydrazine groups is 1. The van der Waals surface area contributed by atoms with E-state index in [-0.39, 0.29) is 30.3 Å². The van der Waals surface area contributed by atoms with Gasteiger partial charge in [0.1, 0.15) is 0 Å². The van der Waals surface area contributed by atoms with Gasteiger partial charge in [-0.15, -0.1) is 0 Å². The van der Waals surface area contributed by atoms with Crippen LogP contribution >= 0.6 is 0 Å². The van der Waals surface area contributed by atoms with E-state index < -0.39 is 0 Å². The van der Waals surface area contributed by atoms with Gasteiger partial charge in [0.2, 0.25) is 11.8 Å². The molecule has 0 saturated carbocycles. The smallest absolute Gasteiger partial charge is 0.265 e. The molecular formula is C14H18N4O3. The van der Waals surface area contributed by atoms with Crippen molar-refractivity contribution in [3.8, 4) is 0 Å². The van der Waals surface area contributed by atoms with Crippen molar-refractivity contribution in [2.24, 2.45) is 5.84 Å². The minimum atomic E-state index is -0.378. The Bertz CT molecular complexity index is 573. The molecule has 7 nitrogen and oxygen atoms in total. The summed E-state index contributed by atoms with van der Waals surface area (Å²) in [4.78, 5) is 36.6. The van der Waals surface area contributed by atoms with Gasteiger partial charge in [-0.05, 0) is 24.1 Å². The van der Waals surface area contributed by atoms with Gasteiger partial charge >= 0.3 is 0 Å². The number of piperazine rings is 1. The molecule has 1 heterocycles. The first-order valence-corrected chi connectivity index (χ1v) is 6.72. The second-order valence-electron chi connectivity index (χ2n) is 4.92. The molecule has 4 N–H and O–H groups in total. The van der Waals surface area contributed by atoms with Gasteiger partial charge in [0.05, 0.1) is 12.6 Å². The third-order valence-corrected chi connectivity index (χ3v) is 3.45. The number of carbonyl (C=O) groups is 3. The van der Waals surface area contributed by atoms with Crippen LogP contribution in [0.15, 0.2) is 24.3 Å². The maximum absolute atomic E-state index is 11.8. The van der Waals surface area contributed by atoms with E-state index in [9.17, 15) is 14.4 Å². The number of nitrogens with zero attached hydrogens (tertiary/aromatic N) is 1. The molecule has 7 heteroatoms. The summed E-state index contributed by atoms with van der Waals surface area (Å²) in [5.41, 5.74) is 3.36.